The van der Waals surface area contributed by atoms with Crippen LogP contribution in [0.3, 0.4) is 0 Å². The molecule has 0 aliphatic carbocycles. The van der Waals surface area contributed by atoms with Gasteiger partial charge in [-0.1, -0.05) is 29.8 Å². The average Bonchev–Trinajstić information content (AvgIpc) is 2.78. The molecule has 0 atom stereocenters. The van der Waals surface area contributed by atoms with Crippen molar-refractivity contribution in [3.05, 3.63) is 59.2 Å². The molecule has 0 spiro atoms. The minimum Gasteiger partial charge on any atom is -0.490 e. The van der Waals surface area contributed by atoms with Gasteiger partial charge in [-0.25, -0.2) is 0 Å². The van der Waals surface area contributed by atoms with E-state index in [1.54, 1.807) is 18.2 Å². The zero-order chi connectivity index (χ0) is 15.4. The third-order valence-corrected chi connectivity index (χ3v) is 3.58. The van der Waals surface area contributed by atoms with E-state index in [0.29, 0.717) is 36.8 Å². The van der Waals surface area contributed by atoms with Crippen molar-refractivity contribution >= 4 is 5.91 Å². The van der Waals surface area contributed by atoms with Gasteiger partial charge in [0.25, 0.3) is 5.91 Å². The standard InChI is InChI=1S/C18H19NO3/c1-13-3-5-14(6-4-13)12-19-18(20)15-7-8-16-17(11-15)22-10-2-9-21-16/h3-8,11H,2,9-10,12H2,1H3,(H,19,20). The Hall–Kier alpha value is -2.49. The van der Waals surface area contributed by atoms with Crippen molar-refractivity contribution in [3.63, 3.8) is 0 Å². The molecule has 1 heterocycles. The molecule has 22 heavy (non-hydrogen) atoms. The van der Waals surface area contributed by atoms with Crippen molar-refractivity contribution in [1.29, 1.82) is 0 Å². The first-order valence-electron chi connectivity index (χ1n) is 7.46. The molecule has 2 aromatic carbocycles. The highest BCUT2D eigenvalue weighted by atomic mass is 16.5. The summed E-state index contributed by atoms with van der Waals surface area (Å²) in [6.45, 7) is 3.81. The quantitative estimate of drug-likeness (QED) is 0.947. The lowest BCUT2D eigenvalue weighted by Crippen LogP contribution is -2.22. The number of carbonyl (C=O) groups is 1. The highest BCUT2D eigenvalue weighted by Crippen LogP contribution is 2.30. The van der Waals surface area contributed by atoms with Gasteiger partial charge in [0, 0.05) is 18.5 Å². The number of aryl methyl sites for hydroxylation is 1. The lowest BCUT2D eigenvalue weighted by atomic mass is 10.1. The van der Waals surface area contributed by atoms with Crippen LogP contribution in [-0.4, -0.2) is 19.1 Å². The number of amides is 1. The molecule has 0 saturated carbocycles. The first-order valence-corrected chi connectivity index (χ1v) is 7.46. The van der Waals surface area contributed by atoms with Crippen molar-refractivity contribution in [2.24, 2.45) is 0 Å². The van der Waals surface area contributed by atoms with Crippen molar-refractivity contribution in [2.75, 3.05) is 13.2 Å². The van der Waals surface area contributed by atoms with Gasteiger partial charge in [-0.3, -0.25) is 4.79 Å². The van der Waals surface area contributed by atoms with E-state index in [4.69, 9.17) is 9.47 Å². The second-order valence-corrected chi connectivity index (χ2v) is 5.38. The van der Waals surface area contributed by atoms with Crippen LogP contribution in [0.2, 0.25) is 0 Å². The molecule has 0 aromatic heterocycles. The van der Waals surface area contributed by atoms with Gasteiger partial charge < -0.3 is 14.8 Å². The second-order valence-electron chi connectivity index (χ2n) is 5.38. The molecule has 1 aliphatic rings. The van der Waals surface area contributed by atoms with Gasteiger partial charge in [-0.15, -0.1) is 0 Å². The van der Waals surface area contributed by atoms with E-state index < -0.39 is 0 Å². The number of hydrogen-bond donors (Lipinski definition) is 1. The zero-order valence-corrected chi connectivity index (χ0v) is 12.6. The van der Waals surface area contributed by atoms with Crippen molar-refractivity contribution in [1.82, 2.24) is 5.32 Å². The maximum atomic E-state index is 12.2. The number of benzene rings is 2. The Bertz CT molecular complexity index is 665. The number of nitrogens with one attached hydrogen (secondary N) is 1. The van der Waals surface area contributed by atoms with Crippen LogP contribution in [0.15, 0.2) is 42.5 Å². The van der Waals surface area contributed by atoms with Gasteiger partial charge in [-0.2, -0.15) is 0 Å². The molecule has 1 N–H and O–H groups in total. The molecule has 1 amide bonds. The maximum Gasteiger partial charge on any atom is 0.251 e. The summed E-state index contributed by atoms with van der Waals surface area (Å²) < 4.78 is 11.2. The fourth-order valence-corrected chi connectivity index (χ4v) is 2.29. The molecule has 0 radical (unpaired) electrons. The van der Waals surface area contributed by atoms with Crippen LogP contribution in [-0.2, 0) is 6.54 Å². The largest absolute Gasteiger partial charge is 0.490 e. The lowest BCUT2D eigenvalue weighted by Gasteiger charge is -2.10. The van der Waals surface area contributed by atoms with Crippen molar-refractivity contribution < 1.29 is 14.3 Å². The van der Waals surface area contributed by atoms with Crippen molar-refractivity contribution in [2.45, 2.75) is 19.9 Å². The molecular formula is C18H19NO3. The fourth-order valence-electron chi connectivity index (χ4n) is 2.29. The summed E-state index contributed by atoms with van der Waals surface area (Å²) in [6, 6.07) is 13.4. The summed E-state index contributed by atoms with van der Waals surface area (Å²) in [5.74, 6) is 1.23. The van der Waals surface area contributed by atoms with Crippen LogP contribution in [0.1, 0.15) is 27.9 Å². The van der Waals surface area contributed by atoms with E-state index in [1.807, 2.05) is 31.2 Å². The molecule has 0 unspecified atom stereocenters. The second kappa shape index (κ2) is 6.52. The summed E-state index contributed by atoms with van der Waals surface area (Å²) in [6.07, 6.45) is 0.851. The average molecular weight is 297 g/mol. The molecule has 2 aromatic rings. The van der Waals surface area contributed by atoms with E-state index in [1.165, 1.54) is 5.56 Å². The fraction of sp³-hybridized carbons (Fsp3) is 0.278. The molecule has 4 heteroatoms. The Balaban J connectivity index is 1.67. The highest BCUT2D eigenvalue weighted by molar-refractivity contribution is 5.94. The Morgan fingerprint density at radius 1 is 1.05 bits per heavy atom. The Kier molecular flexibility index (Phi) is 4.28. The number of fused-ring (bicyclic) bond motifs is 1. The van der Waals surface area contributed by atoms with Gasteiger partial charge in [-0.05, 0) is 30.7 Å². The van der Waals surface area contributed by atoms with Gasteiger partial charge in [0.15, 0.2) is 11.5 Å². The third-order valence-electron chi connectivity index (χ3n) is 3.58. The van der Waals surface area contributed by atoms with Crippen molar-refractivity contribution in [3.8, 4) is 11.5 Å². The van der Waals surface area contributed by atoms with E-state index in [0.717, 1.165) is 12.0 Å². The number of hydrogen-bond acceptors (Lipinski definition) is 3. The molecule has 0 bridgehead atoms. The number of rotatable bonds is 3. The van der Waals surface area contributed by atoms with Crippen LogP contribution in [0.4, 0.5) is 0 Å². The first-order chi connectivity index (χ1) is 10.7. The smallest absolute Gasteiger partial charge is 0.251 e. The number of carbonyl (C=O) groups excluding carboxylic acids is 1. The molecule has 0 saturated heterocycles. The molecule has 0 fully saturated rings. The maximum absolute atomic E-state index is 12.2. The van der Waals surface area contributed by atoms with E-state index in [9.17, 15) is 4.79 Å². The van der Waals surface area contributed by atoms with Gasteiger partial charge in [0.05, 0.1) is 13.2 Å². The molecule has 4 nitrogen and oxygen atoms in total. The predicted octanol–water partition coefficient (Wildman–Crippen LogP) is 3.09. The predicted molar refractivity (Wildman–Crippen MR) is 84.4 cm³/mol. The Morgan fingerprint density at radius 3 is 2.55 bits per heavy atom. The monoisotopic (exact) mass is 297 g/mol. The number of ether oxygens (including phenoxy) is 2. The highest BCUT2D eigenvalue weighted by Gasteiger charge is 2.13. The summed E-state index contributed by atoms with van der Waals surface area (Å²) in [4.78, 5) is 12.2. The summed E-state index contributed by atoms with van der Waals surface area (Å²) in [5.41, 5.74) is 2.86. The first kappa shape index (κ1) is 14.4. The summed E-state index contributed by atoms with van der Waals surface area (Å²) >= 11 is 0. The minimum absolute atomic E-state index is 0.115. The van der Waals surface area contributed by atoms with Crippen LogP contribution < -0.4 is 14.8 Å². The Morgan fingerprint density at radius 2 is 1.77 bits per heavy atom. The summed E-state index contributed by atoms with van der Waals surface area (Å²) in [5, 5.41) is 2.92. The van der Waals surface area contributed by atoms with Crippen LogP contribution in [0.25, 0.3) is 0 Å². The van der Waals surface area contributed by atoms with Crippen LogP contribution in [0, 0.1) is 6.92 Å². The molecular weight excluding hydrogens is 278 g/mol. The topological polar surface area (TPSA) is 47.6 Å². The van der Waals surface area contributed by atoms with E-state index in [-0.39, 0.29) is 5.91 Å². The van der Waals surface area contributed by atoms with Gasteiger partial charge in [0.1, 0.15) is 0 Å². The third kappa shape index (κ3) is 3.39. The SMILES string of the molecule is Cc1ccc(CNC(=O)c2ccc3c(c2)OCCCO3)cc1. The van der Waals surface area contributed by atoms with E-state index >= 15 is 0 Å². The molecule has 1 aliphatic heterocycles. The molecule has 3 rings (SSSR count). The molecule has 114 valence electrons. The Labute approximate surface area is 130 Å². The van der Waals surface area contributed by atoms with Gasteiger partial charge >= 0.3 is 0 Å². The normalized spacial score (nSPS) is 13.3. The summed E-state index contributed by atoms with van der Waals surface area (Å²) in [7, 11) is 0. The van der Waals surface area contributed by atoms with E-state index in [2.05, 4.69) is 5.32 Å². The lowest BCUT2D eigenvalue weighted by molar-refractivity contribution is 0.0950. The van der Waals surface area contributed by atoms with Gasteiger partial charge in [0.2, 0.25) is 0 Å². The minimum atomic E-state index is -0.115. The van der Waals surface area contributed by atoms with Crippen LogP contribution in [0.5, 0.6) is 11.5 Å². The van der Waals surface area contributed by atoms with Crippen LogP contribution >= 0.6 is 0 Å². The zero-order valence-electron chi connectivity index (χ0n) is 12.6.